The summed E-state index contributed by atoms with van der Waals surface area (Å²) in [7, 11) is -3.81. The summed E-state index contributed by atoms with van der Waals surface area (Å²) in [6.45, 7) is 9.32. The molecule has 166 valence electrons. The van der Waals surface area contributed by atoms with Crippen molar-refractivity contribution < 1.29 is 22.7 Å². The van der Waals surface area contributed by atoms with Crippen molar-refractivity contribution in [2.45, 2.75) is 52.6 Å². The van der Waals surface area contributed by atoms with Gasteiger partial charge in [0.15, 0.2) is 17.0 Å². The van der Waals surface area contributed by atoms with E-state index in [1.807, 2.05) is 13.8 Å². The maximum atomic E-state index is 12.1. The molecule has 30 heavy (non-hydrogen) atoms. The lowest BCUT2D eigenvalue weighted by atomic mass is 9.93. The Morgan fingerprint density at radius 1 is 1.27 bits per heavy atom. The topological polar surface area (TPSA) is 163 Å². The van der Waals surface area contributed by atoms with Crippen molar-refractivity contribution in [2.24, 2.45) is 17.0 Å². The number of rotatable bonds is 5. The molecule has 0 aromatic carbocycles. The van der Waals surface area contributed by atoms with Crippen molar-refractivity contribution in [1.29, 1.82) is 0 Å². The number of aromatic nitrogens is 4. The van der Waals surface area contributed by atoms with Gasteiger partial charge in [0.05, 0.1) is 12.4 Å². The lowest BCUT2D eigenvalue weighted by molar-refractivity contribution is -0.00793. The molecule has 1 amide bonds. The Labute approximate surface area is 174 Å². The lowest BCUT2D eigenvalue weighted by Gasteiger charge is -2.19. The van der Waals surface area contributed by atoms with Crippen LogP contribution in [0.4, 0.5) is 10.6 Å². The van der Waals surface area contributed by atoms with Crippen LogP contribution in [0.3, 0.4) is 0 Å². The molecule has 0 spiro atoms. The van der Waals surface area contributed by atoms with Gasteiger partial charge in [-0.3, -0.25) is 9.88 Å². The first-order valence-corrected chi connectivity index (χ1v) is 11.0. The maximum absolute atomic E-state index is 12.1. The van der Waals surface area contributed by atoms with E-state index in [1.54, 1.807) is 31.7 Å². The third-order valence-corrected chi connectivity index (χ3v) is 5.49. The zero-order valence-electron chi connectivity index (χ0n) is 17.5. The molecule has 1 unspecified atom stereocenters. The number of amides is 1. The van der Waals surface area contributed by atoms with Crippen molar-refractivity contribution >= 4 is 33.3 Å². The number of carbonyl (C=O) groups is 1. The number of hydrogen-bond acceptors (Lipinski definition) is 8. The number of fused-ring (bicyclic) bond motifs is 1. The summed E-state index contributed by atoms with van der Waals surface area (Å²) in [6.07, 6.45) is 1.42. The van der Waals surface area contributed by atoms with E-state index >= 15 is 0 Å². The maximum Gasteiger partial charge on any atom is 0.413 e. The first kappa shape index (κ1) is 22.3. The molecule has 4 N–H and O–H groups in total. The summed E-state index contributed by atoms with van der Waals surface area (Å²) >= 11 is 0. The van der Waals surface area contributed by atoms with Crippen LogP contribution >= 0.6 is 0 Å². The monoisotopic (exact) mass is 441 g/mol. The molecular weight excluding hydrogens is 414 g/mol. The summed E-state index contributed by atoms with van der Waals surface area (Å²) in [6, 6.07) is 0. The minimum Gasteiger partial charge on any atom is -0.444 e. The predicted molar refractivity (Wildman–Crippen MR) is 109 cm³/mol. The highest BCUT2D eigenvalue weighted by Crippen LogP contribution is 2.40. The summed E-state index contributed by atoms with van der Waals surface area (Å²) in [5.41, 5.74) is 0.205. The number of ether oxygens (including phenoxy) is 2. The van der Waals surface area contributed by atoms with Crippen LogP contribution in [0.1, 0.15) is 40.8 Å². The van der Waals surface area contributed by atoms with E-state index in [4.69, 9.17) is 14.6 Å². The van der Waals surface area contributed by atoms with Crippen LogP contribution in [0.2, 0.25) is 0 Å². The quantitative estimate of drug-likeness (QED) is 0.621. The molecular formula is C17H27N7O5S. The molecule has 12 nitrogen and oxygen atoms in total. The smallest absolute Gasteiger partial charge is 0.413 e. The van der Waals surface area contributed by atoms with Gasteiger partial charge in [-0.25, -0.2) is 24.9 Å². The normalized spacial score (nSPS) is 24.9. The minimum atomic E-state index is -3.81. The highest BCUT2D eigenvalue weighted by molar-refractivity contribution is 7.87. The highest BCUT2D eigenvalue weighted by Gasteiger charge is 2.41. The Bertz CT molecular complexity index is 1030. The third-order valence-electron chi connectivity index (χ3n) is 4.92. The van der Waals surface area contributed by atoms with E-state index in [-0.39, 0.29) is 30.3 Å². The predicted octanol–water partition coefficient (Wildman–Crippen LogP) is 1.14. The van der Waals surface area contributed by atoms with Gasteiger partial charge < -0.3 is 9.47 Å². The molecule has 3 rings (SSSR count). The van der Waals surface area contributed by atoms with Gasteiger partial charge in [0.2, 0.25) is 0 Å². The molecule has 1 saturated heterocycles. The third kappa shape index (κ3) is 5.03. The molecule has 0 aliphatic carbocycles. The van der Waals surface area contributed by atoms with Gasteiger partial charge in [-0.15, -0.1) is 0 Å². The largest absolute Gasteiger partial charge is 0.444 e. The second kappa shape index (κ2) is 8.06. The van der Waals surface area contributed by atoms with E-state index in [9.17, 15) is 13.2 Å². The van der Waals surface area contributed by atoms with Crippen LogP contribution < -0.4 is 15.2 Å². The van der Waals surface area contributed by atoms with Gasteiger partial charge in [-0.2, -0.15) is 13.1 Å². The Balaban J connectivity index is 1.83. The molecule has 4 atom stereocenters. The summed E-state index contributed by atoms with van der Waals surface area (Å²) in [5, 5.41) is 7.61. The fraction of sp³-hybridized carbons (Fsp3) is 0.647. The second-order valence-electron chi connectivity index (χ2n) is 8.35. The zero-order valence-corrected chi connectivity index (χ0v) is 18.3. The minimum absolute atomic E-state index is 0.0342. The zero-order chi connectivity index (χ0) is 22.3. The standard InChI is InChI=1S/C17H27N7O5S/c1-9-10(2)15(28-11(9)6-22-30(18,26)27)24-8-21-12-13(19-7-20-14(12)24)23-16(25)29-17(3,4)5/h7-11,15,22H,6H2,1-5H3,(H2,18,26,27)(H,19,20,23,25)/t9-,10?,11-,15-/m1/s1. The van der Waals surface area contributed by atoms with Crippen LogP contribution in [-0.4, -0.2) is 52.3 Å². The van der Waals surface area contributed by atoms with Crippen molar-refractivity contribution in [3.63, 3.8) is 0 Å². The fourth-order valence-electron chi connectivity index (χ4n) is 3.31. The van der Waals surface area contributed by atoms with Crippen LogP contribution in [-0.2, 0) is 19.7 Å². The molecule has 2 aromatic rings. The molecule has 0 radical (unpaired) electrons. The summed E-state index contributed by atoms with van der Waals surface area (Å²) in [4.78, 5) is 24.8. The van der Waals surface area contributed by atoms with Crippen molar-refractivity contribution in [3.8, 4) is 0 Å². The molecule has 13 heteroatoms. The van der Waals surface area contributed by atoms with Gasteiger partial charge in [0, 0.05) is 12.5 Å². The van der Waals surface area contributed by atoms with E-state index in [2.05, 4.69) is 25.0 Å². The van der Waals surface area contributed by atoms with Gasteiger partial charge in [-0.05, 0) is 26.7 Å². The van der Waals surface area contributed by atoms with Crippen LogP contribution in [0.5, 0.6) is 0 Å². The second-order valence-corrected chi connectivity index (χ2v) is 9.73. The molecule has 3 heterocycles. The van der Waals surface area contributed by atoms with Gasteiger partial charge in [0.25, 0.3) is 10.2 Å². The van der Waals surface area contributed by atoms with Crippen molar-refractivity contribution in [3.05, 3.63) is 12.7 Å². The first-order chi connectivity index (χ1) is 13.9. The van der Waals surface area contributed by atoms with Crippen molar-refractivity contribution in [2.75, 3.05) is 11.9 Å². The molecule has 1 aliphatic rings. The Hall–Kier alpha value is -2.35. The average Bonchev–Trinajstić information content (AvgIpc) is 3.14. The van der Waals surface area contributed by atoms with Crippen LogP contribution in [0.25, 0.3) is 11.2 Å². The molecule has 0 bridgehead atoms. The number of nitrogens with one attached hydrogen (secondary N) is 2. The number of anilines is 1. The van der Waals surface area contributed by atoms with Gasteiger partial charge in [-0.1, -0.05) is 13.8 Å². The molecule has 1 fully saturated rings. The highest BCUT2D eigenvalue weighted by atomic mass is 32.2. The van der Waals surface area contributed by atoms with Gasteiger partial charge >= 0.3 is 6.09 Å². The summed E-state index contributed by atoms with van der Waals surface area (Å²) < 4.78 is 37.8. The fourth-order valence-corrected chi connectivity index (χ4v) is 3.70. The van der Waals surface area contributed by atoms with Crippen molar-refractivity contribution in [1.82, 2.24) is 24.2 Å². The van der Waals surface area contributed by atoms with E-state index < -0.39 is 28.1 Å². The Kier molecular flexibility index (Phi) is 6.00. The van der Waals surface area contributed by atoms with Gasteiger partial charge in [0.1, 0.15) is 18.2 Å². The van der Waals surface area contributed by atoms with E-state index in [0.717, 1.165) is 0 Å². The number of hydrogen-bond donors (Lipinski definition) is 3. The molecule has 1 aliphatic heterocycles. The number of carbonyl (C=O) groups excluding carboxylic acids is 1. The summed E-state index contributed by atoms with van der Waals surface area (Å²) in [5.74, 6) is 0.300. The molecule has 0 saturated carbocycles. The van der Waals surface area contributed by atoms with Crippen LogP contribution in [0.15, 0.2) is 12.7 Å². The molecule has 2 aromatic heterocycles. The van der Waals surface area contributed by atoms with E-state index in [0.29, 0.717) is 11.2 Å². The van der Waals surface area contributed by atoms with E-state index in [1.165, 1.54) is 6.33 Å². The number of nitrogens with two attached hydrogens (primary N) is 1. The SMILES string of the molecule is CC1[C@@H](C)[C@@H](CNS(N)(=O)=O)O[C@H]1n1cnc2c(NC(=O)OC(C)(C)C)ncnc21. The Morgan fingerprint density at radius 2 is 1.97 bits per heavy atom. The Morgan fingerprint density at radius 3 is 2.60 bits per heavy atom. The number of imidazole rings is 1. The number of nitrogens with zero attached hydrogens (tertiary/aromatic N) is 4. The lowest BCUT2D eigenvalue weighted by Crippen LogP contribution is -2.38. The average molecular weight is 442 g/mol. The first-order valence-electron chi connectivity index (χ1n) is 9.46. The van der Waals surface area contributed by atoms with Crippen LogP contribution in [0, 0.1) is 11.8 Å².